The van der Waals surface area contributed by atoms with Gasteiger partial charge in [-0.3, -0.25) is 0 Å². The number of aliphatic hydroxyl groups is 1. The molecule has 1 N–H and O–H groups in total. The molecule has 3 rings (SSSR count). The first-order chi connectivity index (χ1) is 8.75. The second-order valence-electron chi connectivity index (χ2n) is 5.48. The van der Waals surface area contributed by atoms with Crippen molar-refractivity contribution in [1.29, 1.82) is 0 Å². The number of likely N-dealkylation sites (N-methyl/N-ethyl adjacent to an activating group) is 1. The number of nitrogens with zero attached hydrogens (tertiary/aromatic N) is 1. The summed E-state index contributed by atoms with van der Waals surface area (Å²) in [4.78, 5) is 2.27. The number of benzene rings is 1. The molecule has 18 heavy (non-hydrogen) atoms. The van der Waals surface area contributed by atoms with Gasteiger partial charge in [0, 0.05) is 31.8 Å². The topological polar surface area (TPSA) is 32.7 Å². The van der Waals surface area contributed by atoms with Gasteiger partial charge in [-0.05, 0) is 36.5 Å². The number of hydrogen-bond acceptors (Lipinski definition) is 3. The van der Waals surface area contributed by atoms with Gasteiger partial charge in [0.05, 0.1) is 12.7 Å². The SMILES string of the molecule is CN1CCc2cc(C(O)C3CCCOC3)ccc21. The quantitative estimate of drug-likeness (QED) is 0.869. The molecule has 1 aromatic carbocycles. The average Bonchev–Trinajstić information content (AvgIpc) is 2.80. The number of anilines is 1. The van der Waals surface area contributed by atoms with Crippen LogP contribution in [0.5, 0.6) is 0 Å². The molecule has 2 unspecified atom stereocenters. The minimum absolute atomic E-state index is 0.260. The molecular weight excluding hydrogens is 226 g/mol. The fourth-order valence-corrected chi connectivity index (χ4v) is 3.06. The Morgan fingerprint density at radius 1 is 1.44 bits per heavy atom. The lowest BCUT2D eigenvalue weighted by atomic mass is 9.90. The van der Waals surface area contributed by atoms with Crippen molar-refractivity contribution in [3.63, 3.8) is 0 Å². The first kappa shape index (κ1) is 12.0. The van der Waals surface area contributed by atoms with Crippen molar-refractivity contribution in [3.8, 4) is 0 Å². The van der Waals surface area contributed by atoms with E-state index in [-0.39, 0.29) is 12.0 Å². The molecule has 0 saturated carbocycles. The second kappa shape index (κ2) is 4.90. The fraction of sp³-hybridized carbons (Fsp3) is 0.600. The van der Waals surface area contributed by atoms with E-state index >= 15 is 0 Å². The zero-order valence-corrected chi connectivity index (χ0v) is 10.9. The Labute approximate surface area is 108 Å². The molecule has 3 heteroatoms. The van der Waals surface area contributed by atoms with Crippen LogP contribution >= 0.6 is 0 Å². The first-order valence-corrected chi connectivity index (χ1v) is 6.85. The van der Waals surface area contributed by atoms with Gasteiger partial charge in [0.2, 0.25) is 0 Å². The van der Waals surface area contributed by atoms with Gasteiger partial charge in [0.25, 0.3) is 0 Å². The first-order valence-electron chi connectivity index (χ1n) is 6.85. The molecule has 0 bridgehead atoms. The minimum atomic E-state index is -0.374. The van der Waals surface area contributed by atoms with Crippen LogP contribution in [-0.2, 0) is 11.2 Å². The molecule has 0 spiro atoms. The van der Waals surface area contributed by atoms with Crippen LogP contribution in [0.1, 0.15) is 30.1 Å². The Bertz CT molecular complexity index is 427. The summed E-state index contributed by atoms with van der Waals surface area (Å²) in [6, 6.07) is 6.39. The molecule has 2 aliphatic heterocycles. The van der Waals surface area contributed by atoms with E-state index in [1.54, 1.807) is 0 Å². The van der Waals surface area contributed by atoms with Crippen LogP contribution in [0.15, 0.2) is 18.2 Å². The lowest BCUT2D eigenvalue weighted by Gasteiger charge is -2.27. The van der Waals surface area contributed by atoms with E-state index in [9.17, 15) is 5.11 Å². The molecule has 1 saturated heterocycles. The molecule has 98 valence electrons. The van der Waals surface area contributed by atoms with Crippen molar-refractivity contribution in [2.45, 2.75) is 25.4 Å². The molecule has 2 atom stereocenters. The molecule has 0 aliphatic carbocycles. The van der Waals surface area contributed by atoms with Crippen LogP contribution in [0.2, 0.25) is 0 Å². The van der Waals surface area contributed by atoms with E-state index in [0.717, 1.165) is 38.0 Å². The highest BCUT2D eigenvalue weighted by Crippen LogP contribution is 2.33. The standard InChI is InChI=1S/C15H21NO2/c1-16-7-6-11-9-12(4-5-14(11)16)15(17)13-3-2-8-18-10-13/h4-5,9,13,15,17H,2-3,6-8,10H2,1H3. The monoisotopic (exact) mass is 247 g/mol. The summed E-state index contributed by atoms with van der Waals surface area (Å²) in [5, 5.41) is 10.4. The Balaban J connectivity index is 1.79. The maximum absolute atomic E-state index is 10.4. The van der Waals surface area contributed by atoms with Gasteiger partial charge in [0.1, 0.15) is 0 Å². The van der Waals surface area contributed by atoms with Crippen LogP contribution in [-0.4, -0.2) is 31.9 Å². The van der Waals surface area contributed by atoms with E-state index in [1.807, 2.05) is 0 Å². The van der Waals surface area contributed by atoms with Gasteiger partial charge < -0.3 is 14.7 Å². The number of rotatable bonds is 2. The van der Waals surface area contributed by atoms with Crippen molar-refractivity contribution >= 4 is 5.69 Å². The lowest BCUT2D eigenvalue weighted by Crippen LogP contribution is -2.23. The summed E-state index contributed by atoms with van der Waals surface area (Å²) in [5.41, 5.74) is 3.73. The van der Waals surface area contributed by atoms with Gasteiger partial charge in [-0.25, -0.2) is 0 Å². The number of fused-ring (bicyclic) bond motifs is 1. The Hall–Kier alpha value is -1.06. The fourth-order valence-electron chi connectivity index (χ4n) is 3.06. The van der Waals surface area contributed by atoms with Crippen molar-refractivity contribution in [1.82, 2.24) is 0 Å². The van der Waals surface area contributed by atoms with E-state index in [2.05, 4.69) is 30.1 Å². The summed E-state index contributed by atoms with van der Waals surface area (Å²) in [6.45, 7) is 2.62. The molecule has 0 amide bonds. The molecule has 0 radical (unpaired) electrons. The van der Waals surface area contributed by atoms with E-state index in [0.29, 0.717) is 6.61 Å². The highest BCUT2D eigenvalue weighted by molar-refractivity contribution is 5.58. The van der Waals surface area contributed by atoms with Crippen molar-refractivity contribution in [2.75, 3.05) is 31.7 Å². The summed E-state index contributed by atoms with van der Waals surface area (Å²) < 4.78 is 5.47. The normalized spacial score (nSPS) is 25.0. The van der Waals surface area contributed by atoms with Crippen molar-refractivity contribution < 1.29 is 9.84 Å². The summed E-state index contributed by atoms with van der Waals surface area (Å²) in [6.07, 6.45) is 2.85. The molecule has 2 aliphatic rings. The Kier molecular flexibility index (Phi) is 3.27. The molecule has 0 aromatic heterocycles. The summed E-state index contributed by atoms with van der Waals surface area (Å²) >= 11 is 0. The highest BCUT2D eigenvalue weighted by Gasteiger charge is 2.25. The zero-order chi connectivity index (χ0) is 12.5. The number of hydrogen-bond donors (Lipinski definition) is 1. The van der Waals surface area contributed by atoms with Crippen LogP contribution in [0.25, 0.3) is 0 Å². The third-order valence-electron chi connectivity index (χ3n) is 4.21. The van der Waals surface area contributed by atoms with Crippen LogP contribution in [0.3, 0.4) is 0 Å². The van der Waals surface area contributed by atoms with Gasteiger partial charge in [-0.15, -0.1) is 0 Å². The van der Waals surface area contributed by atoms with Crippen molar-refractivity contribution in [2.24, 2.45) is 5.92 Å². The molecular formula is C15H21NO2. The van der Waals surface area contributed by atoms with Gasteiger partial charge in [-0.2, -0.15) is 0 Å². The average molecular weight is 247 g/mol. The summed E-state index contributed by atoms with van der Waals surface area (Å²) in [7, 11) is 2.12. The lowest BCUT2D eigenvalue weighted by molar-refractivity contribution is -0.00997. The maximum Gasteiger partial charge on any atom is 0.0840 e. The molecule has 3 nitrogen and oxygen atoms in total. The third kappa shape index (κ3) is 2.13. The van der Waals surface area contributed by atoms with Gasteiger partial charge >= 0.3 is 0 Å². The Morgan fingerprint density at radius 2 is 2.33 bits per heavy atom. The van der Waals surface area contributed by atoms with Gasteiger partial charge in [0.15, 0.2) is 0 Å². The molecule has 1 fully saturated rings. The van der Waals surface area contributed by atoms with Crippen LogP contribution in [0, 0.1) is 5.92 Å². The predicted molar refractivity (Wildman–Crippen MR) is 71.9 cm³/mol. The van der Waals surface area contributed by atoms with E-state index in [1.165, 1.54) is 11.3 Å². The smallest absolute Gasteiger partial charge is 0.0840 e. The highest BCUT2D eigenvalue weighted by atomic mass is 16.5. The zero-order valence-electron chi connectivity index (χ0n) is 10.9. The van der Waals surface area contributed by atoms with E-state index < -0.39 is 0 Å². The van der Waals surface area contributed by atoms with Crippen LogP contribution < -0.4 is 4.90 Å². The molecule has 1 aromatic rings. The largest absolute Gasteiger partial charge is 0.388 e. The summed E-state index contributed by atoms with van der Waals surface area (Å²) in [5.74, 6) is 0.260. The predicted octanol–water partition coefficient (Wildman–Crippen LogP) is 2.14. The maximum atomic E-state index is 10.4. The third-order valence-corrected chi connectivity index (χ3v) is 4.21. The van der Waals surface area contributed by atoms with Crippen molar-refractivity contribution in [3.05, 3.63) is 29.3 Å². The minimum Gasteiger partial charge on any atom is -0.388 e. The second-order valence-corrected chi connectivity index (χ2v) is 5.48. The van der Waals surface area contributed by atoms with E-state index in [4.69, 9.17) is 4.74 Å². The number of aliphatic hydroxyl groups excluding tert-OH is 1. The Morgan fingerprint density at radius 3 is 3.11 bits per heavy atom. The number of ether oxygens (including phenoxy) is 1. The van der Waals surface area contributed by atoms with Crippen LogP contribution in [0.4, 0.5) is 5.69 Å². The molecule has 2 heterocycles. The van der Waals surface area contributed by atoms with Gasteiger partial charge in [-0.1, -0.05) is 12.1 Å².